The smallest absolute Gasteiger partial charge is 0.342 e. The highest BCUT2D eigenvalue weighted by Gasteiger charge is 2.24. The van der Waals surface area contributed by atoms with Crippen LogP contribution >= 0.6 is 0 Å². The minimum absolute atomic E-state index is 0.224. The zero-order valence-electron chi connectivity index (χ0n) is 11.6. The fraction of sp³-hybridized carbons (Fsp3) is 0.500. The summed E-state index contributed by atoms with van der Waals surface area (Å²) in [5.41, 5.74) is -0.485. The number of nitro benzene ring substituents is 1. The van der Waals surface area contributed by atoms with Gasteiger partial charge in [0.2, 0.25) is 0 Å². The highest BCUT2D eigenvalue weighted by Crippen LogP contribution is 2.29. The lowest BCUT2D eigenvalue weighted by molar-refractivity contribution is -0.384. The van der Waals surface area contributed by atoms with Crippen LogP contribution in [-0.2, 0) is 4.74 Å². The van der Waals surface area contributed by atoms with Gasteiger partial charge in [0, 0.05) is 19.8 Å². The molecule has 0 aromatic heterocycles. The van der Waals surface area contributed by atoms with E-state index < -0.39 is 16.6 Å². The standard InChI is InChI=1S/C14H18N2O5/c17-14(18)11-3-1-4-12(13(11)16(19)20)15-7-2-8-21-9-10-5-6-10/h1,3-4,10,15H,2,5-9H2,(H,17,18). The summed E-state index contributed by atoms with van der Waals surface area (Å²) in [4.78, 5) is 21.4. The number of carboxylic acid groups (broad SMARTS) is 1. The monoisotopic (exact) mass is 294 g/mol. The van der Waals surface area contributed by atoms with Crippen LogP contribution in [-0.4, -0.2) is 35.8 Å². The Balaban J connectivity index is 1.87. The number of rotatable bonds is 9. The van der Waals surface area contributed by atoms with Crippen LogP contribution < -0.4 is 5.32 Å². The molecule has 1 fully saturated rings. The zero-order chi connectivity index (χ0) is 15.2. The molecule has 7 heteroatoms. The van der Waals surface area contributed by atoms with Crippen molar-refractivity contribution in [2.24, 2.45) is 5.92 Å². The second kappa shape index (κ2) is 7.03. The summed E-state index contributed by atoms with van der Waals surface area (Å²) >= 11 is 0. The molecular weight excluding hydrogens is 276 g/mol. The Morgan fingerprint density at radius 1 is 1.48 bits per heavy atom. The first-order valence-electron chi connectivity index (χ1n) is 6.92. The number of hydrogen-bond acceptors (Lipinski definition) is 5. The van der Waals surface area contributed by atoms with E-state index in [1.165, 1.54) is 31.0 Å². The quantitative estimate of drug-likeness (QED) is 0.412. The molecule has 0 heterocycles. The number of benzene rings is 1. The van der Waals surface area contributed by atoms with E-state index in [4.69, 9.17) is 9.84 Å². The van der Waals surface area contributed by atoms with Crippen LogP contribution in [0.5, 0.6) is 0 Å². The molecule has 7 nitrogen and oxygen atoms in total. The van der Waals surface area contributed by atoms with Gasteiger partial charge in [0.1, 0.15) is 11.3 Å². The molecule has 21 heavy (non-hydrogen) atoms. The Morgan fingerprint density at radius 2 is 2.24 bits per heavy atom. The Kier molecular flexibility index (Phi) is 5.10. The lowest BCUT2D eigenvalue weighted by Crippen LogP contribution is -2.10. The van der Waals surface area contributed by atoms with Crippen molar-refractivity contribution in [3.63, 3.8) is 0 Å². The summed E-state index contributed by atoms with van der Waals surface area (Å²) < 4.78 is 5.47. The summed E-state index contributed by atoms with van der Waals surface area (Å²) in [6.45, 7) is 1.87. The molecule has 1 aliphatic carbocycles. The summed E-state index contributed by atoms with van der Waals surface area (Å²) in [6, 6.07) is 4.22. The molecule has 1 saturated carbocycles. The number of nitro groups is 1. The second-order valence-electron chi connectivity index (χ2n) is 5.06. The van der Waals surface area contributed by atoms with Gasteiger partial charge in [0.05, 0.1) is 4.92 Å². The van der Waals surface area contributed by atoms with Gasteiger partial charge >= 0.3 is 11.7 Å². The van der Waals surface area contributed by atoms with Crippen molar-refractivity contribution in [3.8, 4) is 0 Å². The van der Waals surface area contributed by atoms with Gasteiger partial charge in [-0.25, -0.2) is 4.79 Å². The third-order valence-electron chi connectivity index (χ3n) is 3.28. The van der Waals surface area contributed by atoms with E-state index in [0.29, 0.717) is 25.5 Å². The molecule has 1 aliphatic rings. The third kappa shape index (κ3) is 4.42. The SMILES string of the molecule is O=C(O)c1cccc(NCCCOCC2CC2)c1[N+](=O)[O-]. The number of aromatic carboxylic acids is 1. The topological polar surface area (TPSA) is 102 Å². The summed E-state index contributed by atoms with van der Waals surface area (Å²) in [7, 11) is 0. The first-order chi connectivity index (χ1) is 10.1. The molecule has 0 saturated heterocycles. The first kappa shape index (κ1) is 15.2. The molecule has 1 aromatic rings. The predicted octanol–water partition coefficient (Wildman–Crippen LogP) is 2.52. The molecule has 0 amide bonds. The van der Waals surface area contributed by atoms with Gasteiger partial charge in [-0.2, -0.15) is 0 Å². The Hall–Kier alpha value is -2.15. The molecule has 0 spiro atoms. The van der Waals surface area contributed by atoms with Gasteiger partial charge in [-0.3, -0.25) is 10.1 Å². The van der Waals surface area contributed by atoms with Crippen LogP contribution in [0.25, 0.3) is 0 Å². The number of para-hydroxylation sites is 1. The summed E-state index contributed by atoms with van der Waals surface area (Å²) in [6.07, 6.45) is 3.19. The van der Waals surface area contributed by atoms with E-state index in [1.807, 2.05) is 0 Å². The molecule has 0 unspecified atom stereocenters. The Labute approximate surface area is 122 Å². The van der Waals surface area contributed by atoms with Crippen LogP contribution in [0.2, 0.25) is 0 Å². The fourth-order valence-electron chi connectivity index (χ4n) is 1.99. The molecule has 0 atom stereocenters. The van der Waals surface area contributed by atoms with Gasteiger partial charge in [0.25, 0.3) is 0 Å². The van der Waals surface area contributed by atoms with E-state index >= 15 is 0 Å². The van der Waals surface area contributed by atoms with E-state index in [-0.39, 0.29) is 11.3 Å². The van der Waals surface area contributed by atoms with Crippen LogP contribution in [0.1, 0.15) is 29.6 Å². The average Bonchev–Trinajstić information content (AvgIpc) is 3.26. The fourth-order valence-corrected chi connectivity index (χ4v) is 1.99. The van der Waals surface area contributed by atoms with Crippen molar-refractivity contribution < 1.29 is 19.6 Å². The Bertz CT molecular complexity index is 528. The van der Waals surface area contributed by atoms with Crippen molar-refractivity contribution in [2.45, 2.75) is 19.3 Å². The van der Waals surface area contributed by atoms with Crippen LogP contribution in [0, 0.1) is 16.0 Å². The Morgan fingerprint density at radius 3 is 2.86 bits per heavy atom. The normalized spacial score (nSPS) is 13.9. The molecule has 114 valence electrons. The molecule has 0 aliphatic heterocycles. The maximum absolute atomic E-state index is 11.0. The van der Waals surface area contributed by atoms with E-state index in [2.05, 4.69) is 5.32 Å². The highest BCUT2D eigenvalue weighted by molar-refractivity contribution is 5.95. The van der Waals surface area contributed by atoms with Crippen LogP contribution in [0.15, 0.2) is 18.2 Å². The lowest BCUT2D eigenvalue weighted by Gasteiger charge is -2.09. The van der Waals surface area contributed by atoms with Gasteiger partial charge in [-0.15, -0.1) is 0 Å². The van der Waals surface area contributed by atoms with Crippen molar-refractivity contribution in [1.29, 1.82) is 0 Å². The van der Waals surface area contributed by atoms with E-state index in [0.717, 1.165) is 6.61 Å². The summed E-state index contributed by atoms with van der Waals surface area (Å²) in [5.74, 6) is -0.593. The van der Waals surface area contributed by atoms with Crippen LogP contribution in [0.3, 0.4) is 0 Å². The van der Waals surface area contributed by atoms with Crippen molar-refractivity contribution in [2.75, 3.05) is 25.1 Å². The number of ether oxygens (including phenoxy) is 1. The van der Waals surface area contributed by atoms with Crippen molar-refractivity contribution in [1.82, 2.24) is 0 Å². The number of hydrogen-bond donors (Lipinski definition) is 2. The predicted molar refractivity (Wildman–Crippen MR) is 76.7 cm³/mol. The maximum Gasteiger partial charge on any atom is 0.342 e. The number of nitrogens with one attached hydrogen (secondary N) is 1. The van der Waals surface area contributed by atoms with Crippen molar-refractivity contribution in [3.05, 3.63) is 33.9 Å². The summed E-state index contributed by atoms with van der Waals surface area (Å²) in [5, 5.41) is 22.9. The average molecular weight is 294 g/mol. The zero-order valence-corrected chi connectivity index (χ0v) is 11.6. The number of anilines is 1. The van der Waals surface area contributed by atoms with Gasteiger partial charge in [-0.1, -0.05) is 6.07 Å². The van der Waals surface area contributed by atoms with Gasteiger partial charge in [-0.05, 0) is 37.3 Å². The number of carbonyl (C=O) groups is 1. The van der Waals surface area contributed by atoms with Gasteiger partial charge in [0.15, 0.2) is 0 Å². The number of carboxylic acids is 1. The lowest BCUT2D eigenvalue weighted by atomic mass is 10.1. The van der Waals surface area contributed by atoms with Gasteiger partial charge < -0.3 is 15.2 Å². The number of nitrogens with zero attached hydrogens (tertiary/aromatic N) is 1. The second-order valence-corrected chi connectivity index (χ2v) is 5.06. The van der Waals surface area contributed by atoms with E-state index in [9.17, 15) is 14.9 Å². The molecule has 2 rings (SSSR count). The largest absolute Gasteiger partial charge is 0.477 e. The molecule has 0 radical (unpaired) electrons. The molecule has 0 bridgehead atoms. The molecule has 2 N–H and O–H groups in total. The van der Waals surface area contributed by atoms with Crippen LogP contribution in [0.4, 0.5) is 11.4 Å². The molecular formula is C14H18N2O5. The van der Waals surface area contributed by atoms with E-state index in [1.54, 1.807) is 0 Å². The maximum atomic E-state index is 11.0. The van der Waals surface area contributed by atoms with Crippen molar-refractivity contribution >= 4 is 17.3 Å². The first-order valence-corrected chi connectivity index (χ1v) is 6.92. The minimum atomic E-state index is -1.31. The third-order valence-corrected chi connectivity index (χ3v) is 3.28. The molecule has 1 aromatic carbocycles. The minimum Gasteiger partial charge on any atom is -0.477 e. The highest BCUT2D eigenvalue weighted by atomic mass is 16.6.